The van der Waals surface area contributed by atoms with Gasteiger partial charge in [0.05, 0.1) is 0 Å². The number of hydrogen-bond acceptors (Lipinski definition) is 3. The van der Waals surface area contributed by atoms with Crippen molar-refractivity contribution < 1.29 is 0 Å². The molecule has 1 heterocycles. The summed E-state index contributed by atoms with van der Waals surface area (Å²) < 4.78 is 1.97. The van der Waals surface area contributed by atoms with Crippen LogP contribution in [0.4, 0.5) is 5.95 Å². The molecule has 0 saturated carbocycles. The summed E-state index contributed by atoms with van der Waals surface area (Å²) in [5, 5.41) is 0. The van der Waals surface area contributed by atoms with Crippen LogP contribution in [0.3, 0.4) is 0 Å². The van der Waals surface area contributed by atoms with E-state index in [-0.39, 0.29) is 6.04 Å². The molecule has 0 fully saturated rings. The van der Waals surface area contributed by atoms with Crippen LogP contribution in [-0.2, 0) is 7.05 Å². The van der Waals surface area contributed by atoms with Crippen molar-refractivity contribution in [1.82, 2.24) is 9.55 Å². The number of imidazole rings is 1. The lowest BCUT2D eigenvalue weighted by atomic mass is 10.3. The van der Waals surface area contributed by atoms with Crippen LogP contribution in [0.25, 0.3) is 0 Å². The van der Waals surface area contributed by atoms with Gasteiger partial charge in [-0.15, -0.1) is 0 Å². The maximum absolute atomic E-state index is 5.67. The number of nitrogens with two attached hydrogens (primary N) is 1. The molecule has 12 heavy (non-hydrogen) atoms. The van der Waals surface area contributed by atoms with E-state index in [1.165, 1.54) is 0 Å². The second-order valence-corrected chi connectivity index (χ2v) is 3.20. The monoisotopic (exact) mass is 168 g/mol. The number of rotatable bonds is 3. The first-order valence-electron chi connectivity index (χ1n) is 4.05. The van der Waals surface area contributed by atoms with E-state index in [1.54, 1.807) is 6.20 Å². The maximum Gasteiger partial charge on any atom is 0.204 e. The predicted octanol–water partition coefficient (Wildman–Crippen LogP) is 0.203. The number of hydrogen-bond donors (Lipinski definition) is 1. The highest BCUT2D eigenvalue weighted by molar-refractivity contribution is 5.29. The van der Waals surface area contributed by atoms with E-state index in [0.717, 1.165) is 12.5 Å². The number of aryl methyl sites for hydroxylation is 1. The van der Waals surface area contributed by atoms with Gasteiger partial charge in [-0.3, -0.25) is 0 Å². The van der Waals surface area contributed by atoms with E-state index in [1.807, 2.05) is 36.7 Å². The summed E-state index contributed by atoms with van der Waals surface area (Å²) in [5.41, 5.74) is 5.67. The molecule has 0 aliphatic heterocycles. The molecular weight excluding hydrogens is 152 g/mol. The Balaban J connectivity index is 2.65. The summed E-state index contributed by atoms with van der Waals surface area (Å²) in [7, 11) is 3.96. The molecule has 0 aliphatic carbocycles. The molecule has 0 saturated heterocycles. The lowest BCUT2D eigenvalue weighted by molar-refractivity contribution is 0.692. The third-order valence-corrected chi connectivity index (χ3v) is 1.70. The summed E-state index contributed by atoms with van der Waals surface area (Å²) >= 11 is 0. The van der Waals surface area contributed by atoms with E-state index in [0.29, 0.717) is 0 Å². The average Bonchev–Trinajstić information content (AvgIpc) is 2.33. The Kier molecular flexibility index (Phi) is 2.70. The van der Waals surface area contributed by atoms with Gasteiger partial charge in [-0.25, -0.2) is 4.98 Å². The highest BCUT2D eigenvalue weighted by Crippen LogP contribution is 2.06. The second-order valence-electron chi connectivity index (χ2n) is 3.20. The fourth-order valence-electron chi connectivity index (χ4n) is 1.24. The Bertz CT molecular complexity index is 241. The molecule has 1 rings (SSSR count). The van der Waals surface area contributed by atoms with Crippen LogP contribution >= 0.6 is 0 Å². The zero-order valence-corrected chi connectivity index (χ0v) is 7.86. The highest BCUT2D eigenvalue weighted by Gasteiger charge is 2.06. The molecule has 4 heteroatoms. The zero-order valence-electron chi connectivity index (χ0n) is 7.86. The minimum Gasteiger partial charge on any atom is -0.344 e. The second kappa shape index (κ2) is 3.58. The van der Waals surface area contributed by atoms with E-state index < -0.39 is 0 Å². The first kappa shape index (κ1) is 9.06. The van der Waals surface area contributed by atoms with Crippen molar-refractivity contribution in [2.75, 3.05) is 18.5 Å². The van der Waals surface area contributed by atoms with Crippen molar-refractivity contribution in [2.24, 2.45) is 12.8 Å². The third kappa shape index (κ3) is 1.98. The lowest BCUT2D eigenvalue weighted by Gasteiger charge is -2.19. The molecule has 1 aromatic rings. The normalized spacial score (nSPS) is 13.0. The van der Waals surface area contributed by atoms with Crippen LogP contribution in [-0.4, -0.2) is 29.2 Å². The first-order valence-corrected chi connectivity index (χ1v) is 4.05. The number of likely N-dealkylation sites (N-methyl/N-ethyl adjacent to an activating group) is 1. The van der Waals surface area contributed by atoms with E-state index in [2.05, 4.69) is 4.98 Å². The molecule has 0 radical (unpaired) electrons. The molecule has 0 aromatic carbocycles. The first-order chi connectivity index (χ1) is 5.61. The molecule has 0 spiro atoms. The topological polar surface area (TPSA) is 47.1 Å². The van der Waals surface area contributed by atoms with Crippen molar-refractivity contribution in [1.29, 1.82) is 0 Å². The molecule has 0 amide bonds. The van der Waals surface area contributed by atoms with E-state index >= 15 is 0 Å². The summed E-state index contributed by atoms with van der Waals surface area (Å²) in [6.45, 7) is 2.81. The molecule has 2 N–H and O–H groups in total. The smallest absolute Gasteiger partial charge is 0.204 e. The van der Waals surface area contributed by atoms with Crippen molar-refractivity contribution in [2.45, 2.75) is 13.0 Å². The Hall–Kier alpha value is -1.03. The van der Waals surface area contributed by atoms with E-state index in [9.17, 15) is 0 Å². The van der Waals surface area contributed by atoms with Crippen LogP contribution < -0.4 is 10.6 Å². The molecule has 4 nitrogen and oxygen atoms in total. The average molecular weight is 168 g/mol. The number of anilines is 1. The number of aromatic nitrogens is 2. The van der Waals surface area contributed by atoms with E-state index in [4.69, 9.17) is 5.73 Å². The SMILES string of the molecule is CC(N)CN(C)c1nccn1C. The van der Waals surface area contributed by atoms with Crippen LogP contribution in [0.1, 0.15) is 6.92 Å². The minimum atomic E-state index is 0.173. The van der Waals surface area contributed by atoms with Gasteiger partial charge in [0.25, 0.3) is 0 Å². The van der Waals surface area contributed by atoms with Crippen molar-refractivity contribution in [3.8, 4) is 0 Å². The largest absolute Gasteiger partial charge is 0.344 e. The van der Waals surface area contributed by atoms with Crippen molar-refractivity contribution in [3.63, 3.8) is 0 Å². The molecule has 1 unspecified atom stereocenters. The highest BCUT2D eigenvalue weighted by atomic mass is 15.3. The van der Waals surface area contributed by atoms with Gasteiger partial charge >= 0.3 is 0 Å². The fourth-order valence-corrected chi connectivity index (χ4v) is 1.24. The van der Waals surface area contributed by atoms with Gasteiger partial charge in [0.15, 0.2) is 0 Å². The van der Waals surface area contributed by atoms with Gasteiger partial charge in [-0.05, 0) is 6.92 Å². The van der Waals surface area contributed by atoms with Gasteiger partial charge < -0.3 is 15.2 Å². The lowest BCUT2D eigenvalue weighted by Crippen LogP contribution is -2.34. The molecule has 0 bridgehead atoms. The van der Waals surface area contributed by atoms with Crippen LogP contribution in [0.2, 0.25) is 0 Å². The molecule has 0 aliphatic rings. The summed E-state index contributed by atoms with van der Waals surface area (Å²) in [4.78, 5) is 6.25. The quantitative estimate of drug-likeness (QED) is 0.701. The molecular formula is C8H16N4. The summed E-state index contributed by atoms with van der Waals surface area (Å²) in [6.07, 6.45) is 3.71. The Morgan fingerprint density at radius 1 is 1.75 bits per heavy atom. The molecule has 1 aromatic heterocycles. The van der Waals surface area contributed by atoms with Gasteiger partial charge in [0, 0.05) is 39.1 Å². The van der Waals surface area contributed by atoms with Gasteiger partial charge in [-0.2, -0.15) is 0 Å². The predicted molar refractivity (Wildman–Crippen MR) is 50.1 cm³/mol. The van der Waals surface area contributed by atoms with Crippen molar-refractivity contribution in [3.05, 3.63) is 12.4 Å². The van der Waals surface area contributed by atoms with Gasteiger partial charge in [0.1, 0.15) is 0 Å². The summed E-state index contributed by atoms with van der Waals surface area (Å²) in [6, 6.07) is 0.173. The minimum absolute atomic E-state index is 0.173. The Morgan fingerprint density at radius 2 is 2.42 bits per heavy atom. The zero-order chi connectivity index (χ0) is 9.14. The number of nitrogens with zero attached hydrogens (tertiary/aromatic N) is 3. The van der Waals surface area contributed by atoms with Gasteiger partial charge in [-0.1, -0.05) is 0 Å². The van der Waals surface area contributed by atoms with Crippen LogP contribution in [0, 0.1) is 0 Å². The summed E-state index contributed by atoms with van der Waals surface area (Å²) in [5.74, 6) is 0.951. The third-order valence-electron chi connectivity index (χ3n) is 1.70. The van der Waals surface area contributed by atoms with Crippen molar-refractivity contribution >= 4 is 5.95 Å². The molecule has 68 valence electrons. The fraction of sp³-hybridized carbons (Fsp3) is 0.625. The van der Waals surface area contributed by atoms with Crippen LogP contribution in [0.5, 0.6) is 0 Å². The standard InChI is InChI=1S/C8H16N4/c1-7(9)6-12(3)8-10-4-5-11(8)2/h4-5,7H,6,9H2,1-3H3. The Morgan fingerprint density at radius 3 is 2.83 bits per heavy atom. The molecule has 1 atom stereocenters. The van der Waals surface area contributed by atoms with Gasteiger partial charge in [0.2, 0.25) is 5.95 Å². The Labute approximate surface area is 73.0 Å². The maximum atomic E-state index is 5.67. The van der Waals surface area contributed by atoms with Crippen LogP contribution in [0.15, 0.2) is 12.4 Å².